The van der Waals surface area contributed by atoms with E-state index in [4.69, 9.17) is 24.7 Å². The van der Waals surface area contributed by atoms with Gasteiger partial charge in [0.05, 0.1) is 11.1 Å². The summed E-state index contributed by atoms with van der Waals surface area (Å²) >= 11 is 0. The van der Waals surface area contributed by atoms with Crippen LogP contribution in [-0.4, -0.2) is 19.9 Å². The number of rotatable bonds is 4. The first kappa shape index (κ1) is 23.2. The molecule has 192 valence electrons. The summed E-state index contributed by atoms with van der Waals surface area (Å²) in [6, 6.07) is 42.8. The van der Waals surface area contributed by atoms with E-state index in [0.717, 1.165) is 61.3 Å². The maximum atomic E-state index is 6.38. The smallest absolute Gasteiger partial charge is 0.164 e. The zero-order chi connectivity index (χ0) is 27.2. The summed E-state index contributed by atoms with van der Waals surface area (Å²) < 4.78 is 6.38. The van der Waals surface area contributed by atoms with Crippen LogP contribution in [0, 0.1) is 0 Å². The molecular formula is C36H22N4O. The van der Waals surface area contributed by atoms with Gasteiger partial charge in [-0.2, -0.15) is 0 Å². The third kappa shape index (κ3) is 4.12. The molecule has 5 nitrogen and oxygen atoms in total. The van der Waals surface area contributed by atoms with Crippen LogP contribution in [0.2, 0.25) is 0 Å². The van der Waals surface area contributed by atoms with Crippen LogP contribution in [0.15, 0.2) is 134 Å². The number of pyridine rings is 1. The highest BCUT2D eigenvalue weighted by atomic mass is 16.5. The number of hydrogen-bond donors (Lipinski definition) is 0. The first-order chi connectivity index (χ1) is 20.3. The van der Waals surface area contributed by atoms with E-state index in [1.165, 1.54) is 0 Å². The van der Waals surface area contributed by atoms with E-state index in [9.17, 15) is 0 Å². The van der Waals surface area contributed by atoms with Crippen molar-refractivity contribution in [3.8, 4) is 68.0 Å². The van der Waals surface area contributed by atoms with Crippen LogP contribution in [0.5, 0.6) is 11.5 Å². The fourth-order valence-corrected chi connectivity index (χ4v) is 5.36. The van der Waals surface area contributed by atoms with Crippen molar-refractivity contribution in [1.82, 2.24) is 19.9 Å². The summed E-state index contributed by atoms with van der Waals surface area (Å²) in [5, 5.41) is 2.17. The van der Waals surface area contributed by atoms with Crippen LogP contribution >= 0.6 is 0 Å². The topological polar surface area (TPSA) is 60.8 Å². The van der Waals surface area contributed by atoms with Crippen molar-refractivity contribution in [2.24, 2.45) is 0 Å². The van der Waals surface area contributed by atoms with E-state index in [0.29, 0.717) is 17.5 Å². The van der Waals surface area contributed by atoms with Gasteiger partial charge in [-0.15, -0.1) is 0 Å². The van der Waals surface area contributed by atoms with Gasteiger partial charge < -0.3 is 4.74 Å². The van der Waals surface area contributed by atoms with Gasteiger partial charge in [-0.05, 0) is 46.8 Å². The van der Waals surface area contributed by atoms with Crippen molar-refractivity contribution in [2.75, 3.05) is 0 Å². The molecule has 5 aromatic carbocycles. The van der Waals surface area contributed by atoms with Gasteiger partial charge in [0, 0.05) is 28.5 Å². The molecule has 3 heterocycles. The van der Waals surface area contributed by atoms with Crippen LogP contribution in [0.4, 0.5) is 0 Å². The summed E-state index contributed by atoms with van der Waals surface area (Å²) in [6.07, 6.45) is 1.86. The maximum absolute atomic E-state index is 6.38. The normalized spacial score (nSPS) is 11.6. The Morgan fingerprint density at radius 2 is 1.05 bits per heavy atom. The molecule has 1 aliphatic heterocycles. The summed E-state index contributed by atoms with van der Waals surface area (Å²) in [7, 11) is 0. The maximum Gasteiger partial charge on any atom is 0.164 e. The zero-order valence-electron chi connectivity index (χ0n) is 21.9. The monoisotopic (exact) mass is 526 g/mol. The molecule has 2 aromatic heterocycles. The Morgan fingerprint density at radius 1 is 0.439 bits per heavy atom. The highest BCUT2D eigenvalue weighted by Gasteiger charge is 2.21. The van der Waals surface area contributed by atoms with Crippen molar-refractivity contribution >= 4 is 10.8 Å². The van der Waals surface area contributed by atoms with E-state index >= 15 is 0 Å². The highest BCUT2D eigenvalue weighted by Crippen LogP contribution is 2.46. The second-order valence-corrected chi connectivity index (χ2v) is 9.95. The number of benzene rings is 5. The largest absolute Gasteiger partial charge is 0.456 e. The van der Waals surface area contributed by atoms with Gasteiger partial charge in [-0.25, -0.2) is 15.0 Å². The fourth-order valence-electron chi connectivity index (χ4n) is 5.36. The minimum absolute atomic E-state index is 0.624. The van der Waals surface area contributed by atoms with Crippen molar-refractivity contribution in [3.05, 3.63) is 134 Å². The summed E-state index contributed by atoms with van der Waals surface area (Å²) in [6.45, 7) is 0. The number of aromatic nitrogens is 4. The molecule has 0 fully saturated rings. The second kappa shape index (κ2) is 9.50. The Kier molecular flexibility index (Phi) is 5.38. The van der Waals surface area contributed by atoms with Gasteiger partial charge in [0.1, 0.15) is 11.5 Å². The van der Waals surface area contributed by atoms with Gasteiger partial charge in [0.15, 0.2) is 17.5 Å². The summed E-state index contributed by atoms with van der Waals surface area (Å²) in [5.41, 5.74) is 6.83. The van der Waals surface area contributed by atoms with Crippen molar-refractivity contribution in [2.45, 2.75) is 0 Å². The van der Waals surface area contributed by atoms with Crippen LogP contribution < -0.4 is 4.74 Å². The quantitative estimate of drug-likeness (QED) is 0.229. The van der Waals surface area contributed by atoms with Crippen molar-refractivity contribution in [3.63, 3.8) is 0 Å². The molecule has 0 spiro atoms. The molecule has 41 heavy (non-hydrogen) atoms. The van der Waals surface area contributed by atoms with E-state index in [1.807, 2.05) is 97.2 Å². The molecule has 0 radical (unpaired) electrons. The zero-order valence-corrected chi connectivity index (χ0v) is 21.9. The molecule has 7 aromatic rings. The van der Waals surface area contributed by atoms with Crippen LogP contribution in [0.25, 0.3) is 67.3 Å². The third-order valence-electron chi connectivity index (χ3n) is 7.36. The first-order valence-corrected chi connectivity index (χ1v) is 13.5. The molecule has 8 rings (SSSR count). The average Bonchev–Trinajstić information content (AvgIpc) is 3.05. The molecular weight excluding hydrogens is 504 g/mol. The van der Waals surface area contributed by atoms with Gasteiger partial charge in [0.25, 0.3) is 0 Å². The van der Waals surface area contributed by atoms with Gasteiger partial charge in [0.2, 0.25) is 0 Å². The Labute approximate surface area is 236 Å². The lowest BCUT2D eigenvalue weighted by atomic mass is 9.96. The van der Waals surface area contributed by atoms with Crippen LogP contribution in [0.1, 0.15) is 0 Å². The number of nitrogens with zero attached hydrogens (tertiary/aromatic N) is 4. The van der Waals surface area contributed by atoms with Crippen molar-refractivity contribution < 1.29 is 4.74 Å². The molecule has 0 atom stereocenters. The molecule has 0 aliphatic carbocycles. The van der Waals surface area contributed by atoms with E-state index in [1.54, 1.807) is 0 Å². The standard InChI is InChI=1S/C36H22N4O/c1-3-9-24(10-4-1)34-38-35(25-11-5-2-6-12-25)40-36(39-34)28-15-7-14-26(21-28)27-17-18-29-31(22-27)41-30-16-8-13-23-19-20-37-33(29)32(23)30/h1-22H. The Bertz CT molecular complexity index is 2010. The third-order valence-corrected chi connectivity index (χ3v) is 7.36. The van der Waals surface area contributed by atoms with Crippen LogP contribution in [-0.2, 0) is 0 Å². The Hall–Kier alpha value is -5.68. The van der Waals surface area contributed by atoms with Crippen LogP contribution in [0.3, 0.4) is 0 Å². The summed E-state index contributed by atoms with van der Waals surface area (Å²) in [4.78, 5) is 19.3. The Balaban J connectivity index is 1.23. The van der Waals surface area contributed by atoms with Gasteiger partial charge in [-0.3, -0.25) is 4.98 Å². The molecule has 0 N–H and O–H groups in total. The van der Waals surface area contributed by atoms with E-state index in [-0.39, 0.29) is 0 Å². The highest BCUT2D eigenvalue weighted by molar-refractivity contribution is 6.02. The molecule has 0 saturated carbocycles. The van der Waals surface area contributed by atoms with Crippen molar-refractivity contribution in [1.29, 1.82) is 0 Å². The fraction of sp³-hybridized carbons (Fsp3) is 0. The lowest BCUT2D eigenvalue weighted by Crippen LogP contribution is -2.00. The Morgan fingerprint density at radius 3 is 1.78 bits per heavy atom. The second-order valence-electron chi connectivity index (χ2n) is 9.95. The number of ether oxygens (including phenoxy) is 1. The lowest BCUT2D eigenvalue weighted by Gasteiger charge is -2.21. The molecule has 0 saturated heterocycles. The molecule has 0 amide bonds. The minimum atomic E-state index is 0.624. The first-order valence-electron chi connectivity index (χ1n) is 13.5. The molecule has 1 aliphatic rings. The molecule has 0 bridgehead atoms. The predicted octanol–water partition coefficient (Wildman–Crippen LogP) is 8.86. The minimum Gasteiger partial charge on any atom is -0.456 e. The lowest BCUT2D eigenvalue weighted by molar-refractivity contribution is 0.486. The predicted molar refractivity (Wildman–Crippen MR) is 162 cm³/mol. The number of fused-ring (bicyclic) bond motifs is 2. The SMILES string of the molecule is c1ccc(-c2nc(-c3ccccc3)nc(-c3cccc(-c4ccc5c(c4)Oc4cccc6ccnc-5c46)c3)n2)cc1. The van der Waals surface area contributed by atoms with Gasteiger partial charge in [-0.1, -0.05) is 97.1 Å². The average molecular weight is 527 g/mol. The van der Waals surface area contributed by atoms with E-state index < -0.39 is 0 Å². The van der Waals surface area contributed by atoms with Gasteiger partial charge >= 0.3 is 0 Å². The molecule has 5 heteroatoms. The number of hydrogen-bond acceptors (Lipinski definition) is 5. The molecule has 0 unspecified atom stereocenters. The van der Waals surface area contributed by atoms with E-state index in [2.05, 4.69) is 36.4 Å². The summed E-state index contributed by atoms with van der Waals surface area (Å²) in [5.74, 6) is 3.53.